The summed E-state index contributed by atoms with van der Waals surface area (Å²) in [5.74, 6) is -0.933. The van der Waals surface area contributed by atoms with E-state index < -0.39 is 6.04 Å². The summed E-state index contributed by atoms with van der Waals surface area (Å²) in [6.07, 6.45) is 10.3. The van der Waals surface area contributed by atoms with Crippen LogP contribution in [0.3, 0.4) is 0 Å². The molecule has 1 aromatic rings. The van der Waals surface area contributed by atoms with Crippen molar-refractivity contribution in [1.29, 1.82) is 0 Å². The lowest BCUT2D eigenvalue weighted by atomic mass is 9.91. The number of carbonyl (C=O) groups is 2. The lowest BCUT2D eigenvalue weighted by Gasteiger charge is -2.40. The van der Waals surface area contributed by atoms with Crippen molar-refractivity contribution in [1.82, 2.24) is 10.2 Å². The van der Waals surface area contributed by atoms with Crippen LogP contribution in [0.2, 0.25) is 0 Å². The molecule has 154 valence electrons. The number of amides is 2. The van der Waals surface area contributed by atoms with E-state index in [2.05, 4.69) is 5.32 Å². The summed E-state index contributed by atoms with van der Waals surface area (Å²) in [5.41, 5.74) is 0.638. The first-order valence-electron chi connectivity index (χ1n) is 10.5. The third-order valence-electron chi connectivity index (χ3n) is 6.03. The fourth-order valence-electron chi connectivity index (χ4n) is 4.60. The van der Waals surface area contributed by atoms with Gasteiger partial charge in [0.25, 0.3) is 0 Å². The Labute approximate surface area is 171 Å². The first-order chi connectivity index (χ1) is 13.6. The van der Waals surface area contributed by atoms with Crippen LogP contribution in [0.15, 0.2) is 24.3 Å². The second-order valence-electron chi connectivity index (χ2n) is 8.02. The molecule has 1 N–H and O–H groups in total. The van der Waals surface area contributed by atoms with Gasteiger partial charge in [0.05, 0.1) is 0 Å². The van der Waals surface area contributed by atoms with Gasteiger partial charge in [-0.15, -0.1) is 11.6 Å². The minimum atomic E-state index is -0.767. The normalized spacial score (nSPS) is 19.8. The molecule has 2 aliphatic carbocycles. The maximum atomic E-state index is 13.5. The molecule has 0 bridgehead atoms. The molecule has 0 aromatic heterocycles. The Bertz CT molecular complexity index is 655. The lowest BCUT2D eigenvalue weighted by Crippen LogP contribution is -2.51. The van der Waals surface area contributed by atoms with E-state index in [4.69, 9.17) is 11.6 Å². The highest BCUT2D eigenvalue weighted by atomic mass is 35.5. The van der Waals surface area contributed by atoms with E-state index >= 15 is 0 Å². The van der Waals surface area contributed by atoms with Gasteiger partial charge in [-0.1, -0.05) is 50.7 Å². The van der Waals surface area contributed by atoms with E-state index in [-0.39, 0.29) is 35.6 Å². The predicted molar refractivity (Wildman–Crippen MR) is 109 cm³/mol. The molecule has 1 aromatic carbocycles. The van der Waals surface area contributed by atoms with Gasteiger partial charge in [-0.3, -0.25) is 9.59 Å². The molecular weight excluding hydrogens is 379 g/mol. The third kappa shape index (κ3) is 5.25. The van der Waals surface area contributed by atoms with E-state index in [1.165, 1.54) is 18.6 Å². The maximum absolute atomic E-state index is 13.5. The summed E-state index contributed by atoms with van der Waals surface area (Å²) in [5, 5.41) is 3.16. The summed E-state index contributed by atoms with van der Waals surface area (Å²) in [4.78, 5) is 27.9. The average molecular weight is 409 g/mol. The summed E-state index contributed by atoms with van der Waals surface area (Å²) >= 11 is 5.94. The number of halogens is 2. The Balaban J connectivity index is 1.90. The van der Waals surface area contributed by atoms with Crippen LogP contribution >= 0.6 is 11.6 Å². The SMILES string of the molecule is O=C(NC1CCCCC1)[C@H](c1ccc(F)cc1)N(C(=O)CCl)C1CCCCC1. The van der Waals surface area contributed by atoms with Gasteiger partial charge in [0.15, 0.2) is 0 Å². The van der Waals surface area contributed by atoms with Gasteiger partial charge in [0, 0.05) is 12.1 Å². The van der Waals surface area contributed by atoms with Crippen LogP contribution in [0.25, 0.3) is 0 Å². The first-order valence-corrected chi connectivity index (χ1v) is 11.1. The number of hydrogen-bond donors (Lipinski definition) is 1. The minimum Gasteiger partial charge on any atom is -0.351 e. The molecule has 0 heterocycles. The Morgan fingerprint density at radius 1 is 1.00 bits per heavy atom. The molecule has 1 atom stereocenters. The molecule has 2 saturated carbocycles. The van der Waals surface area contributed by atoms with Crippen LogP contribution in [0.1, 0.15) is 75.8 Å². The summed E-state index contributed by atoms with van der Waals surface area (Å²) in [7, 11) is 0. The maximum Gasteiger partial charge on any atom is 0.247 e. The second kappa shape index (κ2) is 10.2. The van der Waals surface area contributed by atoms with Gasteiger partial charge in [-0.2, -0.15) is 0 Å². The molecule has 2 amide bonds. The van der Waals surface area contributed by atoms with Crippen molar-refractivity contribution in [2.24, 2.45) is 0 Å². The van der Waals surface area contributed by atoms with Crippen molar-refractivity contribution in [3.8, 4) is 0 Å². The highest BCUT2D eigenvalue weighted by molar-refractivity contribution is 6.27. The number of carbonyl (C=O) groups excluding carboxylic acids is 2. The van der Waals surface area contributed by atoms with E-state index in [1.807, 2.05) is 0 Å². The molecule has 2 aliphatic rings. The zero-order valence-electron chi connectivity index (χ0n) is 16.3. The predicted octanol–water partition coefficient (Wildman–Crippen LogP) is 4.72. The van der Waals surface area contributed by atoms with Crippen molar-refractivity contribution in [2.45, 2.75) is 82.3 Å². The van der Waals surface area contributed by atoms with Gasteiger partial charge in [-0.05, 0) is 43.4 Å². The molecular formula is C22H30ClFN2O2. The highest BCUT2D eigenvalue weighted by Crippen LogP contribution is 2.32. The average Bonchev–Trinajstić information content (AvgIpc) is 2.73. The van der Waals surface area contributed by atoms with Crippen molar-refractivity contribution >= 4 is 23.4 Å². The molecule has 0 radical (unpaired) electrons. The second-order valence-corrected chi connectivity index (χ2v) is 8.29. The van der Waals surface area contributed by atoms with Crippen molar-refractivity contribution in [3.05, 3.63) is 35.6 Å². The summed E-state index contributed by atoms with van der Waals surface area (Å²) in [6, 6.07) is 5.28. The van der Waals surface area contributed by atoms with Crippen LogP contribution in [0.4, 0.5) is 4.39 Å². The van der Waals surface area contributed by atoms with Crippen molar-refractivity contribution in [2.75, 3.05) is 5.88 Å². The molecule has 4 nitrogen and oxygen atoms in total. The van der Waals surface area contributed by atoms with Crippen LogP contribution in [-0.4, -0.2) is 34.7 Å². The Hall–Kier alpha value is -1.62. The van der Waals surface area contributed by atoms with Gasteiger partial charge in [0.2, 0.25) is 11.8 Å². The molecule has 3 rings (SSSR count). The highest BCUT2D eigenvalue weighted by Gasteiger charge is 2.37. The number of alkyl halides is 1. The van der Waals surface area contributed by atoms with Crippen LogP contribution in [0, 0.1) is 5.82 Å². The Morgan fingerprint density at radius 2 is 1.57 bits per heavy atom. The van der Waals surface area contributed by atoms with Gasteiger partial charge in [-0.25, -0.2) is 4.39 Å². The molecule has 0 spiro atoms. The Morgan fingerprint density at radius 3 is 2.14 bits per heavy atom. The number of nitrogens with zero attached hydrogens (tertiary/aromatic N) is 1. The fraction of sp³-hybridized carbons (Fsp3) is 0.636. The van der Waals surface area contributed by atoms with E-state index in [0.717, 1.165) is 57.8 Å². The molecule has 6 heteroatoms. The number of rotatable bonds is 6. The van der Waals surface area contributed by atoms with E-state index in [9.17, 15) is 14.0 Å². The standard InChI is InChI=1S/C22H30ClFN2O2/c23-15-20(27)26(19-9-5-2-6-10-19)21(16-11-13-17(24)14-12-16)22(28)25-18-7-3-1-4-8-18/h11-14,18-19,21H,1-10,15H2,(H,25,28)/t21-/m0/s1. The number of hydrogen-bond acceptors (Lipinski definition) is 2. The quantitative estimate of drug-likeness (QED) is 0.692. The lowest BCUT2D eigenvalue weighted by molar-refractivity contribution is -0.143. The first kappa shape index (κ1) is 21.1. The number of benzene rings is 1. The van der Waals surface area contributed by atoms with Gasteiger partial charge in [0.1, 0.15) is 17.7 Å². The molecule has 0 unspecified atom stereocenters. The van der Waals surface area contributed by atoms with E-state index in [0.29, 0.717) is 5.56 Å². The molecule has 28 heavy (non-hydrogen) atoms. The van der Waals surface area contributed by atoms with Crippen LogP contribution in [0.5, 0.6) is 0 Å². The van der Waals surface area contributed by atoms with Crippen molar-refractivity contribution < 1.29 is 14.0 Å². The summed E-state index contributed by atoms with van der Waals surface area (Å²) < 4.78 is 13.5. The van der Waals surface area contributed by atoms with E-state index in [1.54, 1.807) is 17.0 Å². The molecule has 0 aliphatic heterocycles. The molecule has 0 saturated heterocycles. The fourth-order valence-corrected chi connectivity index (χ4v) is 4.74. The number of nitrogens with one attached hydrogen (secondary N) is 1. The topological polar surface area (TPSA) is 49.4 Å². The minimum absolute atomic E-state index is 0.00726. The monoisotopic (exact) mass is 408 g/mol. The summed E-state index contributed by atoms with van der Waals surface area (Å²) in [6.45, 7) is 0. The van der Waals surface area contributed by atoms with Gasteiger partial charge < -0.3 is 10.2 Å². The van der Waals surface area contributed by atoms with Crippen molar-refractivity contribution in [3.63, 3.8) is 0 Å². The third-order valence-corrected chi connectivity index (χ3v) is 6.26. The van der Waals surface area contributed by atoms with Gasteiger partial charge >= 0.3 is 0 Å². The molecule has 2 fully saturated rings. The largest absolute Gasteiger partial charge is 0.351 e. The van der Waals surface area contributed by atoms with Crippen LogP contribution < -0.4 is 5.32 Å². The Kier molecular flexibility index (Phi) is 7.72. The zero-order chi connectivity index (χ0) is 19.9. The van der Waals surface area contributed by atoms with Crippen LogP contribution in [-0.2, 0) is 9.59 Å². The smallest absolute Gasteiger partial charge is 0.247 e. The zero-order valence-corrected chi connectivity index (χ0v) is 17.1.